The lowest BCUT2D eigenvalue weighted by Gasteiger charge is -2.29. The molecule has 1 aliphatic heterocycles. The zero-order chi connectivity index (χ0) is 12.7. The minimum Gasteiger partial charge on any atom is -0.330 e. The summed E-state index contributed by atoms with van der Waals surface area (Å²) >= 11 is 3.74. The molecule has 0 bridgehead atoms. The molecule has 1 aromatic rings. The monoisotopic (exact) mass is 308 g/mol. The standard InChI is InChI=1S/C15H21BrN2/c1-10-2-5-13(14(16)8-10)15-11(9-17)6-7-18(15)12-3-4-12/h2,5,8,11-12,15H,3-4,6-7,9,17H2,1H3. The maximum Gasteiger partial charge on any atom is 0.0402 e. The van der Waals surface area contributed by atoms with Gasteiger partial charge in [0.25, 0.3) is 0 Å². The summed E-state index contributed by atoms with van der Waals surface area (Å²) in [5, 5.41) is 0. The normalized spacial score (nSPS) is 28.8. The third-order valence-electron chi connectivity index (χ3n) is 4.36. The number of benzene rings is 1. The van der Waals surface area contributed by atoms with Crippen LogP contribution in [0.15, 0.2) is 22.7 Å². The molecular formula is C15H21BrN2. The number of rotatable bonds is 3. The van der Waals surface area contributed by atoms with Gasteiger partial charge in [-0.25, -0.2) is 0 Å². The van der Waals surface area contributed by atoms with E-state index in [9.17, 15) is 0 Å². The van der Waals surface area contributed by atoms with Gasteiger partial charge >= 0.3 is 0 Å². The Balaban J connectivity index is 1.94. The maximum absolute atomic E-state index is 5.98. The van der Waals surface area contributed by atoms with Crippen LogP contribution in [0.2, 0.25) is 0 Å². The summed E-state index contributed by atoms with van der Waals surface area (Å²) in [5.41, 5.74) is 8.72. The van der Waals surface area contributed by atoms with Gasteiger partial charge in [-0.15, -0.1) is 0 Å². The second-order valence-electron chi connectivity index (χ2n) is 5.72. The predicted octanol–water partition coefficient (Wildman–Crippen LogP) is 3.24. The lowest BCUT2D eigenvalue weighted by molar-refractivity contribution is 0.220. The molecule has 2 unspecified atom stereocenters. The van der Waals surface area contributed by atoms with E-state index in [-0.39, 0.29) is 0 Å². The van der Waals surface area contributed by atoms with Crippen LogP contribution in [0.1, 0.15) is 36.4 Å². The molecule has 98 valence electrons. The highest BCUT2D eigenvalue weighted by molar-refractivity contribution is 9.10. The van der Waals surface area contributed by atoms with E-state index in [1.54, 1.807) is 0 Å². The zero-order valence-electron chi connectivity index (χ0n) is 10.9. The first-order valence-corrected chi connectivity index (χ1v) is 7.72. The van der Waals surface area contributed by atoms with Crippen molar-refractivity contribution >= 4 is 15.9 Å². The number of halogens is 1. The second kappa shape index (κ2) is 4.95. The van der Waals surface area contributed by atoms with E-state index in [2.05, 4.69) is 46.0 Å². The van der Waals surface area contributed by atoms with Crippen LogP contribution in [-0.2, 0) is 0 Å². The van der Waals surface area contributed by atoms with Crippen LogP contribution >= 0.6 is 15.9 Å². The molecule has 2 atom stereocenters. The maximum atomic E-state index is 5.98. The van der Waals surface area contributed by atoms with Crippen molar-refractivity contribution in [2.24, 2.45) is 11.7 Å². The number of likely N-dealkylation sites (tertiary alicyclic amines) is 1. The Kier molecular flexibility index (Phi) is 3.48. The first kappa shape index (κ1) is 12.6. The molecule has 0 radical (unpaired) electrons. The van der Waals surface area contributed by atoms with Gasteiger partial charge in [-0.2, -0.15) is 0 Å². The highest BCUT2D eigenvalue weighted by atomic mass is 79.9. The molecule has 0 spiro atoms. The smallest absolute Gasteiger partial charge is 0.0402 e. The van der Waals surface area contributed by atoms with Gasteiger partial charge in [-0.1, -0.05) is 28.1 Å². The lowest BCUT2D eigenvalue weighted by Crippen LogP contribution is -2.30. The van der Waals surface area contributed by atoms with Crippen molar-refractivity contribution in [1.82, 2.24) is 4.90 Å². The zero-order valence-corrected chi connectivity index (χ0v) is 12.5. The highest BCUT2D eigenvalue weighted by Gasteiger charge is 2.42. The summed E-state index contributed by atoms with van der Waals surface area (Å²) in [5.74, 6) is 0.615. The summed E-state index contributed by atoms with van der Waals surface area (Å²) in [4.78, 5) is 2.69. The van der Waals surface area contributed by atoms with Gasteiger partial charge in [0.2, 0.25) is 0 Å². The van der Waals surface area contributed by atoms with Gasteiger partial charge in [-0.3, -0.25) is 4.90 Å². The molecule has 2 N–H and O–H groups in total. The van der Waals surface area contributed by atoms with Gasteiger partial charge in [0.1, 0.15) is 0 Å². The second-order valence-corrected chi connectivity index (χ2v) is 6.58. The van der Waals surface area contributed by atoms with Crippen LogP contribution in [0, 0.1) is 12.8 Å². The van der Waals surface area contributed by atoms with E-state index in [4.69, 9.17) is 5.73 Å². The Bertz CT molecular complexity index is 442. The molecule has 2 fully saturated rings. The molecule has 2 nitrogen and oxygen atoms in total. The Morgan fingerprint density at radius 3 is 2.72 bits per heavy atom. The summed E-state index contributed by atoms with van der Waals surface area (Å²) in [6.07, 6.45) is 3.99. The fraction of sp³-hybridized carbons (Fsp3) is 0.600. The van der Waals surface area contributed by atoms with Crippen LogP contribution < -0.4 is 5.73 Å². The molecular weight excluding hydrogens is 288 g/mol. The van der Waals surface area contributed by atoms with Crippen molar-refractivity contribution in [2.45, 2.75) is 38.3 Å². The van der Waals surface area contributed by atoms with Gasteiger partial charge in [0, 0.05) is 16.6 Å². The molecule has 3 heteroatoms. The van der Waals surface area contributed by atoms with Crippen molar-refractivity contribution in [3.05, 3.63) is 33.8 Å². The van der Waals surface area contributed by atoms with Crippen LogP contribution in [0.5, 0.6) is 0 Å². The molecule has 2 aliphatic rings. The summed E-state index contributed by atoms with van der Waals surface area (Å²) in [7, 11) is 0. The quantitative estimate of drug-likeness (QED) is 0.929. The van der Waals surface area contributed by atoms with Crippen LogP contribution in [0.4, 0.5) is 0 Å². The number of hydrogen-bond acceptors (Lipinski definition) is 2. The van der Waals surface area contributed by atoms with Gasteiger partial charge < -0.3 is 5.73 Å². The SMILES string of the molecule is Cc1ccc(C2C(CN)CCN2C2CC2)c(Br)c1. The van der Waals surface area contributed by atoms with Gasteiger partial charge in [0.05, 0.1) is 0 Å². The topological polar surface area (TPSA) is 29.3 Å². The molecule has 1 saturated heterocycles. The van der Waals surface area contributed by atoms with Crippen molar-refractivity contribution in [3.63, 3.8) is 0 Å². The number of nitrogens with two attached hydrogens (primary N) is 1. The number of aryl methyl sites for hydroxylation is 1. The van der Waals surface area contributed by atoms with E-state index in [1.165, 1.54) is 41.4 Å². The van der Waals surface area contributed by atoms with Crippen molar-refractivity contribution in [1.29, 1.82) is 0 Å². The Morgan fingerprint density at radius 2 is 2.11 bits per heavy atom. The van der Waals surface area contributed by atoms with E-state index in [0.29, 0.717) is 12.0 Å². The Hall–Kier alpha value is -0.380. The first-order chi connectivity index (χ1) is 8.70. The van der Waals surface area contributed by atoms with Gasteiger partial charge in [-0.05, 0) is 62.4 Å². The molecule has 1 heterocycles. The van der Waals surface area contributed by atoms with Crippen LogP contribution in [0.25, 0.3) is 0 Å². The molecule has 0 aromatic heterocycles. The van der Waals surface area contributed by atoms with Crippen molar-refractivity contribution < 1.29 is 0 Å². The Morgan fingerprint density at radius 1 is 1.33 bits per heavy atom. The fourth-order valence-corrected chi connectivity index (χ4v) is 3.98. The van der Waals surface area contributed by atoms with Gasteiger partial charge in [0.15, 0.2) is 0 Å². The van der Waals surface area contributed by atoms with Crippen molar-refractivity contribution in [2.75, 3.05) is 13.1 Å². The highest BCUT2D eigenvalue weighted by Crippen LogP contribution is 2.45. The largest absolute Gasteiger partial charge is 0.330 e. The third kappa shape index (κ3) is 2.24. The lowest BCUT2D eigenvalue weighted by atomic mass is 9.93. The molecule has 1 aliphatic carbocycles. The van der Waals surface area contributed by atoms with E-state index in [1.807, 2.05) is 0 Å². The molecule has 0 amide bonds. The number of hydrogen-bond donors (Lipinski definition) is 1. The van der Waals surface area contributed by atoms with E-state index in [0.717, 1.165) is 12.6 Å². The van der Waals surface area contributed by atoms with E-state index < -0.39 is 0 Å². The van der Waals surface area contributed by atoms with Crippen LogP contribution in [0.3, 0.4) is 0 Å². The Labute approximate surface area is 118 Å². The number of nitrogens with zero attached hydrogens (tertiary/aromatic N) is 1. The average molecular weight is 309 g/mol. The molecule has 1 aromatic carbocycles. The van der Waals surface area contributed by atoms with E-state index >= 15 is 0 Å². The summed E-state index contributed by atoms with van der Waals surface area (Å²) < 4.78 is 1.25. The minimum absolute atomic E-state index is 0.525. The van der Waals surface area contributed by atoms with Crippen molar-refractivity contribution in [3.8, 4) is 0 Å². The first-order valence-electron chi connectivity index (χ1n) is 6.92. The fourth-order valence-electron chi connectivity index (χ4n) is 3.25. The third-order valence-corrected chi connectivity index (χ3v) is 5.04. The summed E-state index contributed by atoms with van der Waals surface area (Å²) in [6, 6.07) is 8.08. The minimum atomic E-state index is 0.525. The predicted molar refractivity (Wildman–Crippen MR) is 78.5 cm³/mol. The summed E-state index contributed by atoms with van der Waals surface area (Å²) in [6.45, 7) is 4.16. The molecule has 18 heavy (non-hydrogen) atoms. The van der Waals surface area contributed by atoms with Crippen LogP contribution in [-0.4, -0.2) is 24.0 Å². The molecule has 1 saturated carbocycles. The average Bonchev–Trinajstić information content (AvgIpc) is 3.10. The molecule has 3 rings (SSSR count).